The zero-order valence-corrected chi connectivity index (χ0v) is 9.01. The van der Waals surface area contributed by atoms with Crippen LogP contribution in [0.25, 0.3) is 0 Å². The average molecular weight is 200 g/mol. The Balaban J connectivity index is 2.18. The van der Waals surface area contributed by atoms with Gasteiger partial charge in [0.1, 0.15) is 0 Å². The third-order valence-electron chi connectivity index (χ3n) is 2.44. The molecule has 0 aromatic heterocycles. The van der Waals surface area contributed by atoms with Gasteiger partial charge in [0.15, 0.2) is 0 Å². The quantitative estimate of drug-likeness (QED) is 0.685. The van der Waals surface area contributed by atoms with Gasteiger partial charge in [-0.1, -0.05) is 6.92 Å². The van der Waals surface area contributed by atoms with E-state index in [9.17, 15) is 4.79 Å². The lowest BCUT2D eigenvalue weighted by Crippen LogP contribution is -2.42. The molecule has 1 heterocycles. The van der Waals surface area contributed by atoms with Crippen LogP contribution in [0.2, 0.25) is 0 Å². The van der Waals surface area contributed by atoms with E-state index >= 15 is 0 Å². The fourth-order valence-electron chi connectivity index (χ4n) is 1.39. The number of carbonyl (C=O) groups is 1. The van der Waals surface area contributed by atoms with E-state index in [4.69, 9.17) is 4.74 Å². The maximum absolute atomic E-state index is 11.5. The molecule has 1 aliphatic heterocycles. The summed E-state index contributed by atoms with van der Waals surface area (Å²) in [7, 11) is 0. The molecule has 0 aliphatic carbocycles. The summed E-state index contributed by atoms with van der Waals surface area (Å²) < 4.78 is 5.44. The van der Waals surface area contributed by atoms with E-state index in [2.05, 4.69) is 17.6 Å². The normalized spacial score (nSPS) is 24.3. The van der Waals surface area contributed by atoms with Crippen molar-refractivity contribution in [3.8, 4) is 0 Å². The molecule has 0 aromatic rings. The maximum Gasteiger partial charge on any atom is 0.222 e. The Labute approximate surface area is 85.4 Å². The number of hydrogen-bond acceptors (Lipinski definition) is 3. The first-order valence-corrected chi connectivity index (χ1v) is 5.34. The van der Waals surface area contributed by atoms with Gasteiger partial charge < -0.3 is 15.4 Å². The van der Waals surface area contributed by atoms with Crippen LogP contribution >= 0.6 is 0 Å². The zero-order chi connectivity index (χ0) is 10.4. The topological polar surface area (TPSA) is 50.4 Å². The van der Waals surface area contributed by atoms with Crippen LogP contribution in [0.1, 0.15) is 26.7 Å². The number of carbonyl (C=O) groups excluding carboxylic acids is 1. The minimum absolute atomic E-state index is 0.0489. The van der Waals surface area contributed by atoms with Crippen LogP contribution in [0.5, 0.6) is 0 Å². The standard InChI is InChI=1S/C10H20N2O2/c1-3-8(2)12-10(13)6-9-7-11-4-5-14-9/h8-9,11H,3-7H2,1-2H3,(H,12,13). The Morgan fingerprint density at radius 3 is 3.07 bits per heavy atom. The Morgan fingerprint density at radius 2 is 2.50 bits per heavy atom. The van der Waals surface area contributed by atoms with Crippen LogP contribution < -0.4 is 10.6 Å². The summed E-state index contributed by atoms with van der Waals surface area (Å²) in [5.74, 6) is 0.0908. The van der Waals surface area contributed by atoms with Crippen molar-refractivity contribution in [2.45, 2.75) is 38.8 Å². The number of morpholine rings is 1. The van der Waals surface area contributed by atoms with Crippen LogP contribution in [-0.2, 0) is 9.53 Å². The molecule has 1 amide bonds. The molecule has 0 bridgehead atoms. The summed E-state index contributed by atoms with van der Waals surface area (Å²) in [6.45, 7) is 6.46. The highest BCUT2D eigenvalue weighted by atomic mass is 16.5. The molecule has 1 rings (SSSR count). The van der Waals surface area contributed by atoms with Crippen molar-refractivity contribution >= 4 is 5.91 Å². The van der Waals surface area contributed by atoms with Gasteiger partial charge in [0.25, 0.3) is 0 Å². The number of amides is 1. The van der Waals surface area contributed by atoms with Gasteiger partial charge in [-0.3, -0.25) is 4.79 Å². The molecule has 0 saturated carbocycles. The molecule has 1 saturated heterocycles. The minimum Gasteiger partial charge on any atom is -0.375 e. The SMILES string of the molecule is CCC(C)NC(=O)CC1CNCCO1. The van der Waals surface area contributed by atoms with E-state index in [1.54, 1.807) is 0 Å². The van der Waals surface area contributed by atoms with E-state index in [1.807, 2.05) is 6.92 Å². The van der Waals surface area contributed by atoms with Crippen molar-refractivity contribution in [1.29, 1.82) is 0 Å². The fraction of sp³-hybridized carbons (Fsp3) is 0.900. The largest absolute Gasteiger partial charge is 0.375 e. The fourth-order valence-corrected chi connectivity index (χ4v) is 1.39. The van der Waals surface area contributed by atoms with Gasteiger partial charge >= 0.3 is 0 Å². The van der Waals surface area contributed by atoms with Crippen molar-refractivity contribution in [2.24, 2.45) is 0 Å². The third kappa shape index (κ3) is 4.07. The van der Waals surface area contributed by atoms with E-state index in [1.165, 1.54) is 0 Å². The molecular weight excluding hydrogens is 180 g/mol. The lowest BCUT2D eigenvalue weighted by molar-refractivity contribution is -0.125. The van der Waals surface area contributed by atoms with Gasteiger partial charge in [0.05, 0.1) is 19.1 Å². The first-order valence-electron chi connectivity index (χ1n) is 5.34. The smallest absolute Gasteiger partial charge is 0.222 e. The highest BCUT2D eigenvalue weighted by Crippen LogP contribution is 2.01. The summed E-state index contributed by atoms with van der Waals surface area (Å²) in [6, 6.07) is 0.263. The third-order valence-corrected chi connectivity index (χ3v) is 2.44. The molecule has 0 spiro atoms. The van der Waals surface area contributed by atoms with E-state index in [-0.39, 0.29) is 18.1 Å². The van der Waals surface area contributed by atoms with Gasteiger partial charge in [-0.15, -0.1) is 0 Å². The highest BCUT2D eigenvalue weighted by Gasteiger charge is 2.17. The first-order chi connectivity index (χ1) is 6.72. The second-order valence-electron chi connectivity index (χ2n) is 3.78. The van der Waals surface area contributed by atoms with Gasteiger partial charge in [-0.25, -0.2) is 0 Å². The van der Waals surface area contributed by atoms with Crippen molar-refractivity contribution < 1.29 is 9.53 Å². The predicted octanol–water partition coefficient (Wildman–Crippen LogP) is 0.280. The monoisotopic (exact) mass is 200 g/mol. The minimum atomic E-state index is 0.0489. The van der Waals surface area contributed by atoms with Crippen LogP contribution in [-0.4, -0.2) is 37.7 Å². The zero-order valence-electron chi connectivity index (χ0n) is 9.01. The first kappa shape index (κ1) is 11.5. The summed E-state index contributed by atoms with van der Waals surface area (Å²) >= 11 is 0. The van der Waals surface area contributed by atoms with E-state index in [0.717, 1.165) is 19.5 Å². The second-order valence-corrected chi connectivity index (χ2v) is 3.78. The molecule has 4 nitrogen and oxygen atoms in total. The Hall–Kier alpha value is -0.610. The van der Waals surface area contributed by atoms with Gasteiger partial charge in [0, 0.05) is 19.1 Å². The number of nitrogens with one attached hydrogen (secondary N) is 2. The molecule has 2 N–H and O–H groups in total. The Bertz CT molecular complexity index is 179. The van der Waals surface area contributed by atoms with Gasteiger partial charge in [0.2, 0.25) is 5.91 Å². The molecule has 14 heavy (non-hydrogen) atoms. The summed E-state index contributed by atoms with van der Waals surface area (Å²) in [5.41, 5.74) is 0. The van der Waals surface area contributed by atoms with Crippen LogP contribution in [0, 0.1) is 0 Å². The summed E-state index contributed by atoms with van der Waals surface area (Å²) in [6.07, 6.45) is 1.49. The molecule has 0 radical (unpaired) electrons. The molecule has 1 fully saturated rings. The van der Waals surface area contributed by atoms with Crippen molar-refractivity contribution in [2.75, 3.05) is 19.7 Å². The summed E-state index contributed by atoms with van der Waals surface area (Å²) in [5, 5.41) is 6.13. The number of rotatable bonds is 4. The molecule has 2 unspecified atom stereocenters. The second kappa shape index (κ2) is 5.98. The summed E-state index contributed by atoms with van der Waals surface area (Å²) in [4.78, 5) is 11.5. The molecule has 4 heteroatoms. The van der Waals surface area contributed by atoms with Crippen LogP contribution in [0.15, 0.2) is 0 Å². The highest BCUT2D eigenvalue weighted by molar-refractivity contribution is 5.76. The molecular formula is C10H20N2O2. The Kier molecular flexibility index (Phi) is 4.90. The van der Waals surface area contributed by atoms with Gasteiger partial charge in [-0.2, -0.15) is 0 Å². The van der Waals surface area contributed by atoms with Crippen molar-refractivity contribution in [1.82, 2.24) is 10.6 Å². The van der Waals surface area contributed by atoms with Crippen LogP contribution in [0.4, 0.5) is 0 Å². The molecule has 1 aliphatic rings. The van der Waals surface area contributed by atoms with E-state index in [0.29, 0.717) is 13.0 Å². The lowest BCUT2D eigenvalue weighted by atomic mass is 10.2. The molecule has 82 valence electrons. The maximum atomic E-state index is 11.5. The lowest BCUT2D eigenvalue weighted by Gasteiger charge is -2.23. The van der Waals surface area contributed by atoms with Crippen molar-refractivity contribution in [3.63, 3.8) is 0 Å². The number of ether oxygens (including phenoxy) is 1. The average Bonchev–Trinajstić information content (AvgIpc) is 2.19. The Morgan fingerprint density at radius 1 is 1.71 bits per heavy atom. The van der Waals surface area contributed by atoms with Crippen molar-refractivity contribution in [3.05, 3.63) is 0 Å². The number of hydrogen-bond donors (Lipinski definition) is 2. The van der Waals surface area contributed by atoms with Crippen LogP contribution in [0.3, 0.4) is 0 Å². The molecule has 2 atom stereocenters. The van der Waals surface area contributed by atoms with E-state index < -0.39 is 0 Å². The predicted molar refractivity (Wildman–Crippen MR) is 55.1 cm³/mol. The van der Waals surface area contributed by atoms with Gasteiger partial charge in [-0.05, 0) is 13.3 Å². The molecule has 0 aromatic carbocycles.